The SMILES string of the molecule is CSc1sc(C(=N)N)cc1S(=O)(=O)c1cccc(-c2c(C)cc(NC(=O)NCCCCCC(=O)O)cc2NC(=O)CCCS(C)(=O)=O)c1. The van der Waals surface area contributed by atoms with Gasteiger partial charge in [0.25, 0.3) is 0 Å². The molecule has 0 aliphatic heterocycles. The predicted molar refractivity (Wildman–Crippen MR) is 190 cm³/mol. The van der Waals surface area contributed by atoms with E-state index >= 15 is 0 Å². The Labute approximate surface area is 288 Å². The molecule has 260 valence electrons. The number of rotatable bonds is 17. The van der Waals surface area contributed by atoms with Crippen LogP contribution in [0.5, 0.6) is 0 Å². The minimum Gasteiger partial charge on any atom is -0.481 e. The Morgan fingerprint density at radius 1 is 0.979 bits per heavy atom. The van der Waals surface area contributed by atoms with E-state index in [9.17, 15) is 31.2 Å². The van der Waals surface area contributed by atoms with Crippen molar-refractivity contribution in [1.29, 1.82) is 5.41 Å². The maximum Gasteiger partial charge on any atom is 0.319 e. The van der Waals surface area contributed by atoms with E-state index in [1.807, 2.05) is 0 Å². The number of thioether (sulfide) groups is 1. The first-order valence-corrected chi connectivity index (χ1v) is 20.4. The first-order chi connectivity index (χ1) is 22.5. The van der Waals surface area contributed by atoms with Crippen LogP contribution in [0.4, 0.5) is 16.2 Å². The summed E-state index contributed by atoms with van der Waals surface area (Å²) in [7, 11) is -7.32. The number of amidine groups is 1. The number of carbonyl (C=O) groups is 3. The lowest BCUT2D eigenvalue weighted by Crippen LogP contribution is -2.29. The second-order valence-corrected chi connectivity index (χ2v) is 17.3. The summed E-state index contributed by atoms with van der Waals surface area (Å²) in [6.45, 7) is 2.06. The van der Waals surface area contributed by atoms with E-state index in [0.29, 0.717) is 57.3 Å². The minimum atomic E-state index is -4.04. The summed E-state index contributed by atoms with van der Waals surface area (Å²) in [6.07, 6.45) is 4.61. The van der Waals surface area contributed by atoms with Crippen molar-refractivity contribution in [2.24, 2.45) is 5.73 Å². The molecule has 1 heterocycles. The number of thiophene rings is 1. The smallest absolute Gasteiger partial charge is 0.319 e. The fraction of sp³-hybridized carbons (Fsp3) is 0.355. The summed E-state index contributed by atoms with van der Waals surface area (Å²) in [5, 5.41) is 24.8. The molecule has 48 heavy (non-hydrogen) atoms. The van der Waals surface area contributed by atoms with Crippen LogP contribution in [-0.4, -0.2) is 70.5 Å². The fourth-order valence-corrected chi connectivity index (χ4v) is 9.34. The molecule has 0 unspecified atom stereocenters. The molecule has 0 saturated heterocycles. The van der Waals surface area contributed by atoms with Crippen LogP contribution in [0.25, 0.3) is 11.1 Å². The summed E-state index contributed by atoms with van der Waals surface area (Å²) in [4.78, 5) is 36.6. The van der Waals surface area contributed by atoms with E-state index in [1.54, 1.807) is 31.4 Å². The van der Waals surface area contributed by atoms with E-state index in [-0.39, 0.29) is 46.3 Å². The van der Waals surface area contributed by atoms with Gasteiger partial charge < -0.3 is 26.8 Å². The van der Waals surface area contributed by atoms with Gasteiger partial charge in [0.15, 0.2) is 0 Å². The quantitative estimate of drug-likeness (QED) is 0.0465. The molecule has 17 heteroatoms. The number of hydrogen-bond donors (Lipinski definition) is 6. The van der Waals surface area contributed by atoms with Gasteiger partial charge in [-0.25, -0.2) is 21.6 Å². The Bertz CT molecular complexity index is 1910. The van der Waals surface area contributed by atoms with E-state index < -0.39 is 37.6 Å². The number of anilines is 2. The Kier molecular flexibility index (Phi) is 13.6. The van der Waals surface area contributed by atoms with Crippen molar-refractivity contribution in [2.75, 3.05) is 35.4 Å². The Balaban J connectivity index is 1.95. The summed E-state index contributed by atoms with van der Waals surface area (Å²) < 4.78 is 51.3. The number of benzene rings is 2. The number of sulfone groups is 2. The van der Waals surface area contributed by atoms with Crippen molar-refractivity contribution in [3.05, 3.63) is 52.9 Å². The third-order valence-electron chi connectivity index (χ3n) is 6.98. The number of nitrogens with one attached hydrogen (secondary N) is 4. The van der Waals surface area contributed by atoms with Crippen LogP contribution in [0, 0.1) is 12.3 Å². The van der Waals surface area contributed by atoms with E-state index in [0.717, 1.165) is 17.6 Å². The molecule has 7 N–H and O–H groups in total. The topological polar surface area (TPSA) is 226 Å². The molecule has 0 bridgehead atoms. The van der Waals surface area contributed by atoms with Crippen LogP contribution < -0.4 is 21.7 Å². The van der Waals surface area contributed by atoms with Crippen LogP contribution in [0.2, 0.25) is 0 Å². The molecule has 0 fully saturated rings. The van der Waals surface area contributed by atoms with Gasteiger partial charge >= 0.3 is 12.0 Å². The molecule has 3 rings (SSSR count). The lowest BCUT2D eigenvalue weighted by molar-refractivity contribution is -0.137. The van der Waals surface area contributed by atoms with Crippen LogP contribution in [-0.2, 0) is 29.3 Å². The summed E-state index contributed by atoms with van der Waals surface area (Å²) >= 11 is 2.34. The minimum absolute atomic E-state index is 0.0158. The van der Waals surface area contributed by atoms with Crippen LogP contribution >= 0.6 is 23.1 Å². The number of aliphatic carboxylic acids is 1. The Morgan fingerprint density at radius 2 is 1.71 bits per heavy atom. The molecule has 0 aliphatic carbocycles. The van der Waals surface area contributed by atoms with Gasteiger partial charge in [-0.15, -0.1) is 23.1 Å². The highest BCUT2D eigenvalue weighted by molar-refractivity contribution is 8.01. The summed E-state index contributed by atoms with van der Waals surface area (Å²) in [6, 6.07) is 10.3. The lowest BCUT2D eigenvalue weighted by atomic mass is 9.97. The normalized spacial score (nSPS) is 11.6. The first kappa shape index (κ1) is 38.5. The first-order valence-electron chi connectivity index (χ1n) is 14.8. The van der Waals surface area contributed by atoms with Gasteiger partial charge in [-0.05, 0) is 73.9 Å². The third-order valence-corrected chi connectivity index (χ3v) is 12.3. The molecule has 1 aromatic heterocycles. The lowest BCUT2D eigenvalue weighted by Gasteiger charge is -2.18. The molecule has 3 amide bonds. The van der Waals surface area contributed by atoms with Crippen molar-refractivity contribution in [2.45, 2.75) is 59.4 Å². The van der Waals surface area contributed by atoms with Crippen molar-refractivity contribution in [1.82, 2.24) is 5.32 Å². The number of hydrogen-bond acceptors (Lipinski definition) is 10. The Morgan fingerprint density at radius 3 is 2.35 bits per heavy atom. The standard InChI is InChI=1S/C31H39N5O8S4/c1-19-15-21(35-31(40)34-13-6-4-5-12-27(38)39)17-23(36-26(37)11-8-14-47(3,41)42)28(19)20-9-7-10-22(16-20)48(43,44)25-18-24(29(32)33)46-30(25)45-2/h7,9-10,15-18H,4-6,8,11-14H2,1-3H3,(H3,32,33)(H,36,37)(H,38,39)(H2,34,35,40). The second kappa shape index (κ2) is 16.9. The second-order valence-electron chi connectivity index (χ2n) is 11.0. The van der Waals surface area contributed by atoms with Gasteiger partial charge in [-0.3, -0.25) is 15.0 Å². The number of aryl methyl sites for hydroxylation is 1. The molecule has 2 aromatic carbocycles. The Hall–Kier alpha value is -3.93. The van der Waals surface area contributed by atoms with Gasteiger partial charge in [-0.1, -0.05) is 18.6 Å². The number of unbranched alkanes of at least 4 members (excludes halogenated alkanes) is 2. The van der Waals surface area contributed by atoms with E-state index in [1.165, 1.54) is 36.0 Å². The molecule has 0 atom stereocenters. The molecule has 0 radical (unpaired) electrons. The largest absolute Gasteiger partial charge is 0.481 e. The summed E-state index contributed by atoms with van der Waals surface area (Å²) in [5.74, 6) is -1.75. The molecule has 0 aliphatic rings. The van der Waals surface area contributed by atoms with Crippen molar-refractivity contribution in [3.8, 4) is 11.1 Å². The zero-order valence-electron chi connectivity index (χ0n) is 26.7. The highest BCUT2D eigenvalue weighted by Crippen LogP contribution is 2.39. The highest BCUT2D eigenvalue weighted by Gasteiger charge is 2.26. The molecule has 13 nitrogen and oxygen atoms in total. The zero-order chi connectivity index (χ0) is 35.6. The van der Waals surface area contributed by atoms with Crippen LogP contribution in [0.15, 0.2) is 56.5 Å². The van der Waals surface area contributed by atoms with Crippen molar-refractivity contribution in [3.63, 3.8) is 0 Å². The third kappa shape index (κ3) is 11.1. The summed E-state index contributed by atoms with van der Waals surface area (Å²) in [5.41, 5.74) is 7.80. The number of urea groups is 1. The monoisotopic (exact) mass is 737 g/mol. The van der Waals surface area contributed by atoms with E-state index in [2.05, 4.69) is 16.0 Å². The van der Waals surface area contributed by atoms with Crippen LogP contribution in [0.3, 0.4) is 0 Å². The number of nitrogen functional groups attached to an aromatic ring is 1. The van der Waals surface area contributed by atoms with E-state index in [4.69, 9.17) is 16.2 Å². The highest BCUT2D eigenvalue weighted by atomic mass is 32.2. The number of nitrogens with two attached hydrogens (primary N) is 1. The van der Waals surface area contributed by atoms with Crippen molar-refractivity contribution >= 4 is 77.9 Å². The molecule has 0 spiro atoms. The average molecular weight is 738 g/mol. The van der Waals surface area contributed by atoms with Gasteiger partial charge in [0.05, 0.1) is 30.3 Å². The van der Waals surface area contributed by atoms with Gasteiger partial charge in [0, 0.05) is 36.9 Å². The van der Waals surface area contributed by atoms with Gasteiger partial charge in [-0.2, -0.15) is 0 Å². The number of amides is 3. The van der Waals surface area contributed by atoms with Gasteiger partial charge in [0.1, 0.15) is 15.7 Å². The number of carboxylic acids is 1. The fourth-order valence-electron chi connectivity index (χ4n) is 4.77. The molecule has 0 saturated carbocycles. The maximum atomic E-state index is 13.8. The van der Waals surface area contributed by atoms with Crippen molar-refractivity contribution < 1.29 is 36.3 Å². The average Bonchev–Trinajstić information content (AvgIpc) is 3.44. The number of carboxylic acid groups (broad SMARTS) is 1. The predicted octanol–water partition coefficient (Wildman–Crippen LogP) is 5.09. The molecule has 3 aromatic rings. The van der Waals surface area contributed by atoms with Crippen LogP contribution in [0.1, 0.15) is 49.0 Å². The zero-order valence-corrected chi connectivity index (χ0v) is 30.0. The maximum absolute atomic E-state index is 13.8. The molecular weight excluding hydrogens is 699 g/mol. The molecular formula is C31H39N5O8S4. The van der Waals surface area contributed by atoms with Gasteiger partial charge in [0.2, 0.25) is 15.7 Å². The number of carbonyl (C=O) groups excluding carboxylic acids is 2.